The predicted molar refractivity (Wildman–Crippen MR) is 127 cm³/mol. The van der Waals surface area contributed by atoms with Crippen molar-refractivity contribution in [1.29, 1.82) is 0 Å². The molecule has 3 aromatic carbocycles. The summed E-state index contributed by atoms with van der Waals surface area (Å²) >= 11 is 12.3. The van der Waals surface area contributed by atoms with E-state index in [9.17, 15) is 9.59 Å². The lowest BCUT2D eigenvalue weighted by atomic mass is 10.0. The molecule has 32 heavy (non-hydrogen) atoms. The van der Waals surface area contributed by atoms with Gasteiger partial charge in [-0.2, -0.15) is 0 Å². The average molecular weight is 467 g/mol. The maximum absolute atomic E-state index is 13.4. The first kappa shape index (κ1) is 21.9. The number of hydrogen-bond acceptors (Lipinski definition) is 4. The third-order valence-corrected chi connectivity index (χ3v) is 5.73. The van der Waals surface area contributed by atoms with Gasteiger partial charge in [-0.15, -0.1) is 0 Å². The molecule has 1 aliphatic heterocycles. The highest BCUT2D eigenvalue weighted by Crippen LogP contribution is 2.34. The zero-order chi connectivity index (χ0) is 22.8. The summed E-state index contributed by atoms with van der Waals surface area (Å²) < 4.78 is 5.19. The molecule has 0 saturated carbocycles. The summed E-state index contributed by atoms with van der Waals surface area (Å²) in [7, 11) is 1.53. The Morgan fingerprint density at radius 2 is 1.59 bits per heavy atom. The van der Waals surface area contributed by atoms with Crippen molar-refractivity contribution in [1.82, 2.24) is 4.90 Å². The minimum atomic E-state index is -0.410. The number of imide groups is 1. The van der Waals surface area contributed by atoms with Crippen LogP contribution in [0.4, 0.5) is 5.69 Å². The fourth-order valence-corrected chi connectivity index (χ4v) is 3.87. The average Bonchev–Trinajstić information content (AvgIpc) is 3.00. The Balaban J connectivity index is 1.73. The van der Waals surface area contributed by atoms with Crippen LogP contribution in [0.5, 0.6) is 5.75 Å². The van der Waals surface area contributed by atoms with Crippen LogP contribution in [0.3, 0.4) is 0 Å². The highest BCUT2D eigenvalue weighted by atomic mass is 35.5. The van der Waals surface area contributed by atoms with Gasteiger partial charge in [0.25, 0.3) is 11.8 Å². The normalized spacial score (nSPS) is 13.7. The first-order valence-electron chi connectivity index (χ1n) is 9.90. The largest absolute Gasteiger partial charge is 0.495 e. The van der Waals surface area contributed by atoms with Crippen LogP contribution in [0, 0.1) is 6.92 Å². The van der Waals surface area contributed by atoms with Gasteiger partial charge in [-0.25, -0.2) is 0 Å². The molecule has 0 unspecified atom stereocenters. The monoisotopic (exact) mass is 466 g/mol. The fraction of sp³-hybridized carbons (Fsp3) is 0.120. The Morgan fingerprint density at radius 1 is 0.906 bits per heavy atom. The van der Waals surface area contributed by atoms with E-state index in [2.05, 4.69) is 5.32 Å². The van der Waals surface area contributed by atoms with Crippen LogP contribution in [-0.4, -0.2) is 23.8 Å². The van der Waals surface area contributed by atoms with Crippen LogP contribution >= 0.6 is 23.2 Å². The second-order valence-corrected chi connectivity index (χ2v) is 8.26. The highest BCUT2D eigenvalue weighted by Gasteiger charge is 2.39. The smallest absolute Gasteiger partial charge is 0.278 e. The molecule has 0 aliphatic carbocycles. The van der Waals surface area contributed by atoms with Crippen molar-refractivity contribution < 1.29 is 14.3 Å². The number of benzene rings is 3. The Morgan fingerprint density at radius 3 is 2.22 bits per heavy atom. The number of halogens is 2. The number of rotatable bonds is 6. The molecule has 1 heterocycles. The fourth-order valence-electron chi connectivity index (χ4n) is 3.48. The molecule has 1 aliphatic rings. The second kappa shape index (κ2) is 9.07. The lowest BCUT2D eigenvalue weighted by Gasteiger charge is -2.16. The third kappa shape index (κ3) is 4.35. The molecular formula is C25H20Cl2N2O3. The first-order valence-corrected chi connectivity index (χ1v) is 10.7. The molecule has 3 aromatic rings. The molecule has 0 radical (unpaired) electrons. The van der Waals surface area contributed by atoms with Crippen LogP contribution in [0.25, 0.3) is 5.57 Å². The van der Waals surface area contributed by atoms with Crippen LogP contribution in [0.2, 0.25) is 10.0 Å². The van der Waals surface area contributed by atoms with Crippen molar-refractivity contribution in [3.8, 4) is 5.75 Å². The molecule has 0 bridgehead atoms. The molecule has 0 atom stereocenters. The zero-order valence-electron chi connectivity index (χ0n) is 17.5. The van der Waals surface area contributed by atoms with Gasteiger partial charge in [-0.1, -0.05) is 65.2 Å². The number of aryl methyl sites for hydroxylation is 1. The van der Waals surface area contributed by atoms with Crippen LogP contribution < -0.4 is 10.1 Å². The molecular weight excluding hydrogens is 447 g/mol. The zero-order valence-corrected chi connectivity index (χ0v) is 19.0. The number of carbonyl (C=O) groups is 2. The van der Waals surface area contributed by atoms with Gasteiger partial charge in [-0.3, -0.25) is 14.5 Å². The second-order valence-electron chi connectivity index (χ2n) is 7.41. The van der Waals surface area contributed by atoms with Crippen molar-refractivity contribution in [3.63, 3.8) is 0 Å². The third-order valence-electron chi connectivity index (χ3n) is 5.18. The van der Waals surface area contributed by atoms with E-state index in [1.165, 1.54) is 12.0 Å². The van der Waals surface area contributed by atoms with Gasteiger partial charge in [0.05, 0.1) is 24.3 Å². The number of ether oxygens (including phenoxy) is 1. The maximum Gasteiger partial charge on any atom is 0.278 e. The summed E-state index contributed by atoms with van der Waals surface area (Å²) in [5.74, 6) is -0.272. The Kier molecular flexibility index (Phi) is 6.21. The van der Waals surface area contributed by atoms with Gasteiger partial charge < -0.3 is 10.1 Å². The number of nitrogens with one attached hydrogen (secondary N) is 1. The van der Waals surface area contributed by atoms with E-state index in [1.54, 1.807) is 42.5 Å². The molecule has 162 valence electrons. The predicted octanol–water partition coefficient (Wildman–Crippen LogP) is 5.70. The number of nitrogens with zero attached hydrogens (tertiary/aromatic N) is 1. The molecule has 2 amide bonds. The van der Waals surface area contributed by atoms with Gasteiger partial charge in [0.2, 0.25) is 0 Å². The van der Waals surface area contributed by atoms with Gasteiger partial charge >= 0.3 is 0 Å². The van der Waals surface area contributed by atoms with Gasteiger partial charge in [0.1, 0.15) is 11.4 Å². The molecule has 0 fully saturated rings. The highest BCUT2D eigenvalue weighted by molar-refractivity contribution is 6.37. The van der Waals surface area contributed by atoms with Gasteiger partial charge in [0.15, 0.2) is 0 Å². The van der Waals surface area contributed by atoms with E-state index in [0.29, 0.717) is 27.0 Å². The molecule has 0 spiro atoms. The van der Waals surface area contributed by atoms with Crippen LogP contribution in [-0.2, 0) is 16.1 Å². The summed E-state index contributed by atoms with van der Waals surface area (Å²) in [6, 6.07) is 19.6. The summed E-state index contributed by atoms with van der Waals surface area (Å²) in [5, 5.41) is 4.03. The first-order chi connectivity index (χ1) is 15.4. The van der Waals surface area contributed by atoms with Crippen LogP contribution in [0.1, 0.15) is 16.7 Å². The number of methoxy groups -OCH3 is 1. The van der Waals surface area contributed by atoms with E-state index in [1.807, 2.05) is 31.2 Å². The Hall–Kier alpha value is -3.28. The molecule has 4 rings (SSSR count). The summed E-state index contributed by atoms with van der Waals surface area (Å²) in [6.07, 6.45) is 0. The lowest BCUT2D eigenvalue weighted by molar-refractivity contribution is -0.137. The molecule has 0 saturated heterocycles. The molecule has 7 heteroatoms. The summed E-state index contributed by atoms with van der Waals surface area (Å²) in [5.41, 5.74) is 3.60. The van der Waals surface area contributed by atoms with E-state index >= 15 is 0 Å². The number of amides is 2. The standard InChI is InChI=1S/C25H20Cl2N2O3/c1-15-3-5-16(6-4-15)14-29-24(30)22(17-7-9-18(26)10-8-17)23(25(29)31)28-19-11-12-21(32-2)20(27)13-19/h3-13,28H,14H2,1-2H3. The van der Waals surface area contributed by atoms with Crippen molar-refractivity contribution in [2.45, 2.75) is 13.5 Å². The van der Waals surface area contributed by atoms with E-state index in [-0.39, 0.29) is 23.7 Å². The summed E-state index contributed by atoms with van der Waals surface area (Å²) in [4.78, 5) is 28.0. The van der Waals surface area contributed by atoms with E-state index in [4.69, 9.17) is 27.9 Å². The van der Waals surface area contributed by atoms with E-state index in [0.717, 1.165) is 11.1 Å². The Bertz CT molecular complexity index is 1220. The number of carbonyl (C=O) groups excluding carboxylic acids is 2. The Labute approximate surface area is 196 Å². The quantitative estimate of drug-likeness (QED) is 0.473. The lowest BCUT2D eigenvalue weighted by Crippen LogP contribution is -2.32. The molecule has 5 nitrogen and oxygen atoms in total. The van der Waals surface area contributed by atoms with Crippen molar-refractivity contribution in [3.05, 3.63) is 99.2 Å². The minimum absolute atomic E-state index is 0.170. The van der Waals surface area contributed by atoms with Crippen molar-refractivity contribution in [2.24, 2.45) is 0 Å². The van der Waals surface area contributed by atoms with Crippen molar-refractivity contribution in [2.75, 3.05) is 12.4 Å². The minimum Gasteiger partial charge on any atom is -0.495 e. The maximum atomic E-state index is 13.4. The van der Waals surface area contributed by atoms with Crippen molar-refractivity contribution >= 4 is 46.3 Å². The topological polar surface area (TPSA) is 58.6 Å². The number of hydrogen-bond donors (Lipinski definition) is 1. The summed E-state index contributed by atoms with van der Waals surface area (Å²) in [6.45, 7) is 2.15. The molecule has 0 aromatic heterocycles. The van der Waals surface area contributed by atoms with Gasteiger partial charge in [0, 0.05) is 10.7 Å². The number of anilines is 1. The molecule has 1 N–H and O–H groups in total. The van der Waals surface area contributed by atoms with Crippen LogP contribution in [0.15, 0.2) is 72.4 Å². The van der Waals surface area contributed by atoms with E-state index < -0.39 is 5.91 Å². The SMILES string of the molecule is COc1ccc(NC2=C(c3ccc(Cl)cc3)C(=O)N(Cc3ccc(C)cc3)C2=O)cc1Cl. The van der Waals surface area contributed by atoms with Gasteiger partial charge in [-0.05, 0) is 48.4 Å².